The fourth-order valence-electron chi connectivity index (χ4n) is 2.41. The van der Waals surface area contributed by atoms with Gasteiger partial charge >= 0.3 is 0 Å². The van der Waals surface area contributed by atoms with Crippen molar-refractivity contribution in [2.24, 2.45) is 0 Å². The van der Waals surface area contributed by atoms with E-state index < -0.39 is 0 Å². The van der Waals surface area contributed by atoms with Gasteiger partial charge in [0.25, 0.3) is 0 Å². The zero-order chi connectivity index (χ0) is 15.3. The molecule has 0 bridgehead atoms. The van der Waals surface area contributed by atoms with Crippen molar-refractivity contribution in [1.82, 2.24) is 0 Å². The van der Waals surface area contributed by atoms with E-state index in [0.29, 0.717) is 0 Å². The quantitative estimate of drug-likeness (QED) is 0.359. The third-order valence-corrected chi connectivity index (χ3v) is 3.76. The maximum absolute atomic E-state index is 11.3. The van der Waals surface area contributed by atoms with Gasteiger partial charge in [-0.25, -0.2) is 0 Å². The first-order valence-corrected chi connectivity index (χ1v) is 8.48. The van der Waals surface area contributed by atoms with Gasteiger partial charge in [-0.05, 0) is 25.5 Å². The molecule has 0 radical (unpaired) electrons. The van der Waals surface area contributed by atoms with Crippen LogP contribution in [0.15, 0.2) is 24.3 Å². The highest BCUT2D eigenvalue weighted by Crippen LogP contribution is 2.15. The molecule has 0 aromatic heterocycles. The van der Waals surface area contributed by atoms with E-state index in [1.165, 1.54) is 51.4 Å². The number of rotatable bonds is 12. The van der Waals surface area contributed by atoms with Crippen molar-refractivity contribution >= 4 is 5.78 Å². The van der Waals surface area contributed by atoms with Gasteiger partial charge in [-0.15, -0.1) is 0 Å². The Morgan fingerprint density at radius 3 is 2.19 bits per heavy atom. The molecule has 21 heavy (non-hydrogen) atoms. The van der Waals surface area contributed by atoms with Crippen LogP contribution in [0.1, 0.15) is 82.0 Å². The van der Waals surface area contributed by atoms with Gasteiger partial charge in [0.15, 0.2) is 5.78 Å². The zero-order valence-corrected chi connectivity index (χ0v) is 13.7. The maximum atomic E-state index is 11.3. The molecule has 0 unspecified atom stereocenters. The van der Waals surface area contributed by atoms with Crippen molar-refractivity contribution in [2.75, 3.05) is 6.61 Å². The zero-order valence-electron chi connectivity index (χ0n) is 13.7. The first-order chi connectivity index (χ1) is 10.2. The van der Waals surface area contributed by atoms with Crippen LogP contribution in [0.25, 0.3) is 0 Å². The lowest BCUT2D eigenvalue weighted by Crippen LogP contribution is -1.99. The molecule has 0 spiro atoms. The molecule has 1 aromatic carbocycles. The average Bonchev–Trinajstić information content (AvgIpc) is 2.49. The summed E-state index contributed by atoms with van der Waals surface area (Å²) < 4.78 is 5.70. The molecule has 0 N–H and O–H groups in total. The monoisotopic (exact) mass is 290 g/mol. The van der Waals surface area contributed by atoms with Crippen LogP contribution in [0.3, 0.4) is 0 Å². The van der Waals surface area contributed by atoms with E-state index in [4.69, 9.17) is 4.74 Å². The number of benzene rings is 1. The Bertz CT molecular complexity index is 398. The fraction of sp³-hybridized carbons (Fsp3) is 0.632. The van der Waals surface area contributed by atoms with Gasteiger partial charge in [0, 0.05) is 5.56 Å². The van der Waals surface area contributed by atoms with Crippen molar-refractivity contribution in [3.05, 3.63) is 29.8 Å². The highest BCUT2D eigenvalue weighted by Gasteiger charge is 2.01. The molecule has 0 fully saturated rings. The van der Waals surface area contributed by atoms with E-state index in [1.54, 1.807) is 6.92 Å². The number of ketones is 1. The molecule has 1 aromatic rings. The number of Topliss-reactive ketones (excluding diaryl/α,β-unsaturated/α-hetero) is 1. The molecule has 0 heterocycles. The van der Waals surface area contributed by atoms with Crippen molar-refractivity contribution in [1.29, 1.82) is 0 Å². The van der Waals surface area contributed by atoms with E-state index in [1.807, 2.05) is 24.3 Å². The van der Waals surface area contributed by atoms with E-state index in [-0.39, 0.29) is 5.78 Å². The number of hydrogen-bond acceptors (Lipinski definition) is 2. The molecule has 2 nitrogen and oxygen atoms in total. The van der Waals surface area contributed by atoms with Gasteiger partial charge in [-0.3, -0.25) is 4.79 Å². The normalized spacial score (nSPS) is 10.6. The molecule has 0 atom stereocenters. The summed E-state index contributed by atoms with van der Waals surface area (Å²) in [6.07, 6.45) is 11.9. The second kappa shape index (κ2) is 11.4. The summed E-state index contributed by atoms with van der Waals surface area (Å²) >= 11 is 0. The molecule has 0 aliphatic rings. The van der Waals surface area contributed by atoms with Gasteiger partial charge in [0.2, 0.25) is 0 Å². The SMILES string of the molecule is CCCCCCCCCCCOc1cccc(C(C)=O)c1. The van der Waals surface area contributed by atoms with Crippen molar-refractivity contribution in [3.8, 4) is 5.75 Å². The third kappa shape index (κ3) is 8.54. The molecule has 1 rings (SSSR count). The van der Waals surface area contributed by atoms with Gasteiger partial charge < -0.3 is 4.74 Å². The molecular formula is C19H30O2. The van der Waals surface area contributed by atoms with Crippen LogP contribution >= 0.6 is 0 Å². The second-order valence-electron chi connectivity index (χ2n) is 5.76. The van der Waals surface area contributed by atoms with E-state index >= 15 is 0 Å². The van der Waals surface area contributed by atoms with Crippen LogP contribution in [-0.2, 0) is 0 Å². The molecule has 0 amide bonds. The Kier molecular flexibility index (Phi) is 9.60. The topological polar surface area (TPSA) is 26.3 Å². The number of carbonyl (C=O) groups is 1. The average molecular weight is 290 g/mol. The Hall–Kier alpha value is -1.31. The first kappa shape index (κ1) is 17.7. The number of ether oxygens (including phenoxy) is 1. The molecule has 0 saturated heterocycles. The minimum absolute atomic E-state index is 0.0866. The Labute approximate surface area is 129 Å². The summed E-state index contributed by atoms with van der Waals surface area (Å²) in [5, 5.41) is 0. The van der Waals surface area contributed by atoms with E-state index in [2.05, 4.69) is 6.92 Å². The second-order valence-corrected chi connectivity index (χ2v) is 5.76. The Balaban J connectivity index is 2.01. The predicted molar refractivity (Wildman–Crippen MR) is 89.2 cm³/mol. The van der Waals surface area contributed by atoms with Crippen LogP contribution in [0.5, 0.6) is 5.75 Å². The summed E-state index contributed by atoms with van der Waals surface area (Å²) in [6.45, 7) is 4.59. The number of hydrogen-bond donors (Lipinski definition) is 0. The van der Waals surface area contributed by atoms with Crippen LogP contribution in [-0.4, -0.2) is 12.4 Å². The third-order valence-electron chi connectivity index (χ3n) is 3.76. The molecule has 2 heteroatoms. The highest BCUT2D eigenvalue weighted by atomic mass is 16.5. The lowest BCUT2D eigenvalue weighted by molar-refractivity contribution is 0.101. The van der Waals surface area contributed by atoms with Gasteiger partial charge in [0.1, 0.15) is 5.75 Å². The van der Waals surface area contributed by atoms with Crippen LogP contribution in [0.4, 0.5) is 0 Å². The van der Waals surface area contributed by atoms with Crippen LogP contribution in [0, 0.1) is 0 Å². The van der Waals surface area contributed by atoms with Crippen molar-refractivity contribution in [2.45, 2.75) is 71.6 Å². The predicted octanol–water partition coefficient (Wildman–Crippen LogP) is 5.80. The Morgan fingerprint density at radius 2 is 1.57 bits per heavy atom. The molecule has 118 valence electrons. The summed E-state index contributed by atoms with van der Waals surface area (Å²) in [4.78, 5) is 11.3. The summed E-state index contributed by atoms with van der Waals surface area (Å²) in [6, 6.07) is 7.45. The minimum Gasteiger partial charge on any atom is -0.494 e. The Morgan fingerprint density at radius 1 is 0.952 bits per heavy atom. The van der Waals surface area contributed by atoms with E-state index in [0.717, 1.165) is 24.3 Å². The minimum atomic E-state index is 0.0866. The van der Waals surface area contributed by atoms with Gasteiger partial charge in [0.05, 0.1) is 6.61 Å². The standard InChI is InChI=1S/C19H30O2/c1-3-4-5-6-7-8-9-10-11-15-21-19-14-12-13-18(16-19)17(2)20/h12-14,16H,3-11,15H2,1-2H3. The lowest BCUT2D eigenvalue weighted by Gasteiger charge is -2.07. The lowest BCUT2D eigenvalue weighted by atomic mass is 10.1. The van der Waals surface area contributed by atoms with Gasteiger partial charge in [-0.1, -0.05) is 70.4 Å². The van der Waals surface area contributed by atoms with Gasteiger partial charge in [-0.2, -0.15) is 0 Å². The number of unbranched alkanes of at least 4 members (excludes halogenated alkanes) is 8. The molecular weight excluding hydrogens is 260 g/mol. The smallest absolute Gasteiger partial charge is 0.159 e. The van der Waals surface area contributed by atoms with Crippen molar-refractivity contribution in [3.63, 3.8) is 0 Å². The summed E-state index contributed by atoms with van der Waals surface area (Å²) in [5.41, 5.74) is 0.722. The highest BCUT2D eigenvalue weighted by molar-refractivity contribution is 5.94. The summed E-state index contributed by atoms with van der Waals surface area (Å²) in [5.74, 6) is 0.894. The van der Waals surface area contributed by atoms with Crippen molar-refractivity contribution < 1.29 is 9.53 Å². The van der Waals surface area contributed by atoms with Crippen LogP contribution in [0.2, 0.25) is 0 Å². The summed E-state index contributed by atoms with van der Waals surface area (Å²) in [7, 11) is 0. The molecule has 0 saturated carbocycles. The number of carbonyl (C=O) groups excluding carboxylic acids is 1. The largest absolute Gasteiger partial charge is 0.494 e. The fourth-order valence-corrected chi connectivity index (χ4v) is 2.41. The molecule has 0 aliphatic heterocycles. The maximum Gasteiger partial charge on any atom is 0.159 e. The van der Waals surface area contributed by atoms with E-state index in [9.17, 15) is 4.79 Å². The first-order valence-electron chi connectivity index (χ1n) is 8.48. The van der Waals surface area contributed by atoms with Crippen LogP contribution < -0.4 is 4.74 Å². The molecule has 0 aliphatic carbocycles.